The minimum Gasteiger partial charge on any atom is -0.493 e. The lowest BCUT2D eigenvalue weighted by atomic mass is 10.1. The lowest BCUT2D eigenvalue weighted by molar-refractivity contribution is 0.266. The number of methoxy groups -OCH3 is 2. The summed E-state index contributed by atoms with van der Waals surface area (Å²) in [6.45, 7) is 0.285. The molecule has 0 saturated carbocycles. The van der Waals surface area contributed by atoms with E-state index in [2.05, 4.69) is 10.3 Å². The van der Waals surface area contributed by atoms with Gasteiger partial charge in [-0.3, -0.25) is 0 Å². The number of nitriles is 1. The number of ether oxygens (including phenoxy) is 2. The molecule has 7 nitrogen and oxygen atoms in total. The van der Waals surface area contributed by atoms with Crippen LogP contribution in [-0.4, -0.2) is 40.9 Å². The Hall–Kier alpha value is -2.59. The van der Waals surface area contributed by atoms with Crippen molar-refractivity contribution in [1.82, 2.24) is 15.0 Å². The first-order valence-corrected chi connectivity index (χ1v) is 6.87. The molecule has 116 valence electrons. The number of hydrogen-bond donors (Lipinski definition) is 1. The maximum atomic E-state index is 9.08. The molecule has 0 atom stereocenters. The molecule has 1 aromatic heterocycles. The molecule has 0 radical (unpaired) electrons. The third kappa shape index (κ3) is 3.35. The van der Waals surface area contributed by atoms with Crippen LogP contribution in [0.15, 0.2) is 18.2 Å². The Balaban J connectivity index is 2.16. The minimum absolute atomic E-state index is 0.0441. The van der Waals surface area contributed by atoms with Gasteiger partial charge in [0.25, 0.3) is 0 Å². The molecule has 0 aliphatic carbocycles. The fourth-order valence-electron chi connectivity index (χ4n) is 2.24. The van der Waals surface area contributed by atoms with E-state index < -0.39 is 0 Å². The number of aliphatic hydroxyl groups is 1. The predicted molar refractivity (Wildman–Crippen MR) is 78.8 cm³/mol. The molecule has 2 rings (SSSR count). The molecule has 22 heavy (non-hydrogen) atoms. The van der Waals surface area contributed by atoms with Crippen LogP contribution in [-0.2, 0) is 19.4 Å². The van der Waals surface area contributed by atoms with E-state index in [1.807, 2.05) is 24.3 Å². The largest absolute Gasteiger partial charge is 0.493 e. The van der Waals surface area contributed by atoms with Crippen LogP contribution in [0.1, 0.15) is 17.0 Å². The van der Waals surface area contributed by atoms with Crippen LogP contribution in [0, 0.1) is 11.3 Å². The molecule has 1 heterocycles. The maximum Gasteiger partial charge on any atom is 0.185 e. The second-order valence-corrected chi connectivity index (χ2v) is 4.63. The molecular weight excluding hydrogens is 284 g/mol. The summed E-state index contributed by atoms with van der Waals surface area (Å²) in [5.41, 5.74) is 2.08. The number of aromatic nitrogens is 3. The van der Waals surface area contributed by atoms with Gasteiger partial charge in [0, 0.05) is 0 Å². The van der Waals surface area contributed by atoms with Gasteiger partial charge in [-0.2, -0.15) is 5.26 Å². The Morgan fingerprint density at radius 3 is 2.64 bits per heavy atom. The molecule has 7 heteroatoms. The zero-order valence-corrected chi connectivity index (χ0v) is 12.6. The number of nitrogens with zero attached hydrogens (tertiary/aromatic N) is 4. The van der Waals surface area contributed by atoms with Crippen LogP contribution < -0.4 is 9.47 Å². The van der Waals surface area contributed by atoms with Crippen LogP contribution in [0.5, 0.6) is 11.5 Å². The first kappa shape index (κ1) is 15.8. The molecule has 2 aromatic rings. The molecule has 0 aliphatic heterocycles. The van der Waals surface area contributed by atoms with Crippen LogP contribution in [0.25, 0.3) is 0 Å². The topological polar surface area (TPSA) is 93.2 Å². The van der Waals surface area contributed by atoms with Crippen molar-refractivity contribution in [2.45, 2.75) is 19.4 Å². The first-order valence-electron chi connectivity index (χ1n) is 6.87. The zero-order valence-electron chi connectivity index (χ0n) is 12.6. The van der Waals surface area contributed by atoms with Gasteiger partial charge in [0.2, 0.25) is 0 Å². The average molecular weight is 302 g/mol. The smallest absolute Gasteiger partial charge is 0.185 e. The van der Waals surface area contributed by atoms with Crippen molar-refractivity contribution in [3.63, 3.8) is 0 Å². The molecule has 0 saturated heterocycles. The first-order chi connectivity index (χ1) is 10.7. The van der Waals surface area contributed by atoms with Crippen molar-refractivity contribution in [3.8, 4) is 17.6 Å². The van der Waals surface area contributed by atoms with Gasteiger partial charge in [-0.1, -0.05) is 11.3 Å². The number of hydrogen-bond acceptors (Lipinski definition) is 6. The van der Waals surface area contributed by atoms with Gasteiger partial charge in [0.15, 0.2) is 17.2 Å². The van der Waals surface area contributed by atoms with Crippen molar-refractivity contribution >= 4 is 0 Å². The van der Waals surface area contributed by atoms with Gasteiger partial charge < -0.3 is 14.6 Å². The minimum atomic E-state index is -0.0441. The summed E-state index contributed by atoms with van der Waals surface area (Å²) >= 11 is 0. The summed E-state index contributed by atoms with van der Waals surface area (Å²) < 4.78 is 12.1. The van der Waals surface area contributed by atoms with Crippen LogP contribution in [0.4, 0.5) is 0 Å². The molecule has 0 spiro atoms. The summed E-state index contributed by atoms with van der Waals surface area (Å²) in [6.07, 6.45) is 1.30. The Labute approximate surface area is 128 Å². The maximum absolute atomic E-state index is 9.08. The van der Waals surface area contributed by atoms with Gasteiger partial charge >= 0.3 is 0 Å². The highest BCUT2D eigenvalue weighted by Crippen LogP contribution is 2.28. The number of aliphatic hydroxyl groups excluding tert-OH is 1. The number of rotatable bonds is 7. The van der Waals surface area contributed by atoms with E-state index in [-0.39, 0.29) is 6.61 Å². The third-order valence-electron chi connectivity index (χ3n) is 3.35. The van der Waals surface area contributed by atoms with E-state index in [1.165, 1.54) is 0 Å². The quantitative estimate of drug-likeness (QED) is 0.818. The predicted octanol–water partition coefficient (Wildman–Crippen LogP) is 0.944. The fraction of sp³-hybridized carbons (Fsp3) is 0.400. The van der Waals surface area contributed by atoms with Crippen molar-refractivity contribution in [2.75, 3.05) is 20.8 Å². The van der Waals surface area contributed by atoms with E-state index in [1.54, 1.807) is 18.9 Å². The number of benzene rings is 1. The van der Waals surface area contributed by atoms with Crippen LogP contribution in [0.2, 0.25) is 0 Å². The van der Waals surface area contributed by atoms with Gasteiger partial charge in [-0.25, -0.2) is 4.68 Å². The van der Waals surface area contributed by atoms with Crippen LogP contribution in [0.3, 0.4) is 0 Å². The second kappa shape index (κ2) is 7.43. The van der Waals surface area contributed by atoms with Gasteiger partial charge in [-0.15, -0.1) is 5.10 Å². The summed E-state index contributed by atoms with van der Waals surface area (Å²) in [5, 5.41) is 25.8. The van der Waals surface area contributed by atoms with Crippen molar-refractivity contribution in [2.24, 2.45) is 0 Å². The highest BCUT2D eigenvalue weighted by molar-refractivity contribution is 5.43. The SMILES string of the molecule is COc1ccc(CCc2c(C#N)nnn2CCO)cc1OC. The lowest BCUT2D eigenvalue weighted by Gasteiger charge is -2.10. The van der Waals surface area contributed by atoms with Crippen molar-refractivity contribution in [3.05, 3.63) is 35.2 Å². The van der Waals surface area contributed by atoms with E-state index in [9.17, 15) is 0 Å². The van der Waals surface area contributed by atoms with E-state index in [0.717, 1.165) is 11.3 Å². The molecule has 0 bridgehead atoms. The number of aryl methyl sites for hydroxylation is 1. The molecule has 0 unspecified atom stereocenters. The van der Waals surface area contributed by atoms with E-state index >= 15 is 0 Å². The highest BCUT2D eigenvalue weighted by Gasteiger charge is 2.13. The van der Waals surface area contributed by atoms with E-state index in [4.69, 9.17) is 19.8 Å². The molecule has 1 N–H and O–H groups in total. The molecule has 0 fully saturated rings. The van der Waals surface area contributed by atoms with E-state index in [0.29, 0.717) is 36.6 Å². The molecule has 1 aromatic carbocycles. The Kier molecular flexibility index (Phi) is 5.33. The van der Waals surface area contributed by atoms with Crippen molar-refractivity contribution < 1.29 is 14.6 Å². The van der Waals surface area contributed by atoms with Crippen molar-refractivity contribution in [1.29, 1.82) is 5.26 Å². The summed E-state index contributed by atoms with van der Waals surface area (Å²) in [7, 11) is 3.19. The molecule has 0 aliphatic rings. The second-order valence-electron chi connectivity index (χ2n) is 4.63. The zero-order chi connectivity index (χ0) is 15.9. The Morgan fingerprint density at radius 1 is 1.23 bits per heavy atom. The summed E-state index contributed by atoms with van der Waals surface area (Å²) in [6, 6.07) is 7.74. The van der Waals surface area contributed by atoms with Gasteiger partial charge in [0.1, 0.15) is 6.07 Å². The lowest BCUT2D eigenvalue weighted by Crippen LogP contribution is -2.10. The third-order valence-corrected chi connectivity index (χ3v) is 3.35. The van der Waals surface area contributed by atoms with Gasteiger partial charge in [0.05, 0.1) is 33.1 Å². The normalized spacial score (nSPS) is 10.3. The van der Waals surface area contributed by atoms with Gasteiger partial charge in [-0.05, 0) is 30.5 Å². The summed E-state index contributed by atoms with van der Waals surface area (Å²) in [4.78, 5) is 0. The monoisotopic (exact) mass is 302 g/mol. The summed E-state index contributed by atoms with van der Waals surface area (Å²) in [5.74, 6) is 1.35. The Bertz CT molecular complexity index is 676. The van der Waals surface area contributed by atoms with Crippen LogP contribution >= 0.6 is 0 Å². The Morgan fingerprint density at radius 2 is 2.00 bits per heavy atom. The molecular formula is C15H18N4O3. The highest BCUT2D eigenvalue weighted by atomic mass is 16.5. The fourth-order valence-corrected chi connectivity index (χ4v) is 2.24. The average Bonchev–Trinajstić information content (AvgIpc) is 2.94. The molecule has 0 amide bonds. The standard InChI is InChI=1S/C15H18N4O3/c1-21-14-6-4-11(9-15(14)22-2)3-5-13-12(10-16)17-18-19(13)7-8-20/h4,6,9,20H,3,5,7-8H2,1-2H3.